The van der Waals surface area contributed by atoms with E-state index in [1.54, 1.807) is 17.7 Å². The molecule has 4 aromatic rings. The number of hydrogen-bond acceptors (Lipinski definition) is 4. The molecule has 3 nitrogen and oxygen atoms in total. The first-order valence-corrected chi connectivity index (χ1v) is 10.7. The number of nitrogens with zero attached hydrogens (tertiary/aromatic N) is 3. The molecular weight excluding hydrogens is 362 g/mol. The van der Waals surface area contributed by atoms with Crippen LogP contribution >= 0.6 is 11.3 Å². The Hall–Kier alpha value is -2.72. The van der Waals surface area contributed by atoms with Crippen LogP contribution < -0.4 is 4.90 Å². The minimum Gasteiger partial charge on any atom is -0.352 e. The molecular formula is C24H25N3S. The van der Waals surface area contributed by atoms with E-state index >= 15 is 0 Å². The second-order valence-electron chi connectivity index (χ2n) is 7.30. The van der Waals surface area contributed by atoms with Crippen molar-refractivity contribution in [3.05, 3.63) is 77.4 Å². The van der Waals surface area contributed by atoms with Crippen LogP contribution in [0.3, 0.4) is 0 Å². The first-order valence-electron chi connectivity index (χ1n) is 9.78. The Morgan fingerprint density at radius 3 is 2.39 bits per heavy atom. The molecule has 0 N–H and O–H groups in total. The Labute approximate surface area is 170 Å². The van der Waals surface area contributed by atoms with E-state index in [4.69, 9.17) is 4.98 Å². The summed E-state index contributed by atoms with van der Waals surface area (Å²) in [6.45, 7) is 8.36. The van der Waals surface area contributed by atoms with Gasteiger partial charge in [0.1, 0.15) is 17.0 Å². The van der Waals surface area contributed by atoms with E-state index in [1.807, 2.05) is 0 Å². The van der Waals surface area contributed by atoms with Gasteiger partial charge in [-0.05, 0) is 29.5 Å². The molecule has 2 aromatic heterocycles. The van der Waals surface area contributed by atoms with Crippen LogP contribution in [0.4, 0.5) is 5.82 Å². The average molecular weight is 388 g/mol. The second kappa shape index (κ2) is 8.11. The maximum absolute atomic E-state index is 4.70. The maximum Gasteiger partial charge on any atom is 0.141 e. The van der Waals surface area contributed by atoms with Crippen molar-refractivity contribution in [3.8, 4) is 11.1 Å². The topological polar surface area (TPSA) is 29.0 Å². The van der Waals surface area contributed by atoms with Gasteiger partial charge in [-0.15, -0.1) is 11.3 Å². The maximum atomic E-state index is 4.70. The molecule has 28 heavy (non-hydrogen) atoms. The summed E-state index contributed by atoms with van der Waals surface area (Å²) >= 11 is 1.69. The molecule has 0 saturated carbocycles. The fourth-order valence-electron chi connectivity index (χ4n) is 3.50. The fraction of sp³-hybridized carbons (Fsp3) is 0.250. The normalized spacial score (nSPS) is 11.3. The first-order chi connectivity index (χ1) is 13.7. The van der Waals surface area contributed by atoms with Crippen molar-refractivity contribution < 1.29 is 0 Å². The van der Waals surface area contributed by atoms with Crippen molar-refractivity contribution >= 4 is 27.4 Å². The van der Waals surface area contributed by atoms with E-state index in [-0.39, 0.29) is 0 Å². The van der Waals surface area contributed by atoms with E-state index in [1.165, 1.54) is 22.3 Å². The highest BCUT2D eigenvalue weighted by atomic mass is 32.1. The lowest BCUT2D eigenvalue weighted by Crippen LogP contribution is -2.23. The van der Waals surface area contributed by atoms with Crippen molar-refractivity contribution in [2.75, 3.05) is 11.4 Å². The second-order valence-corrected chi connectivity index (χ2v) is 8.16. The van der Waals surface area contributed by atoms with Gasteiger partial charge in [0.15, 0.2) is 0 Å². The molecule has 0 radical (unpaired) electrons. The minimum absolute atomic E-state index is 0.536. The molecule has 4 rings (SSSR count). The fourth-order valence-corrected chi connectivity index (χ4v) is 4.41. The molecule has 2 heterocycles. The van der Waals surface area contributed by atoms with Crippen molar-refractivity contribution in [2.24, 2.45) is 0 Å². The lowest BCUT2D eigenvalue weighted by Gasteiger charge is -2.23. The van der Waals surface area contributed by atoms with Crippen LogP contribution in [0.1, 0.15) is 37.8 Å². The Balaban J connectivity index is 1.78. The van der Waals surface area contributed by atoms with Crippen LogP contribution in [0.5, 0.6) is 0 Å². The number of anilines is 1. The number of fused-ring (bicyclic) bond motifs is 1. The lowest BCUT2D eigenvalue weighted by atomic mass is 9.99. The molecule has 2 aromatic carbocycles. The summed E-state index contributed by atoms with van der Waals surface area (Å²) < 4.78 is 0. The predicted octanol–water partition coefficient (Wildman–Crippen LogP) is 6.51. The van der Waals surface area contributed by atoms with Gasteiger partial charge in [0.2, 0.25) is 0 Å². The van der Waals surface area contributed by atoms with Crippen LogP contribution in [-0.2, 0) is 6.54 Å². The van der Waals surface area contributed by atoms with E-state index in [2.05, 4.69) is 90.6 Å². The van der Waals surface area contributed by atoms with Gasteiger partial charge in [-0.25, -0.2) is 9.97 Å². The summed E-state index contributed by atoms with van der Waals surface area (Å²) in [5.41, 5.74) is 5.09. The first kappa shape index (κ1) is 18.6. The summed E-state index contributed by atoms with van der Waals surface area (Å²) in [5.74, 6) is 1.55. The van der Waals surface area contributed by atoms with E-state index in [0.29, 0.717) is 5.92 Å². The van der Waals surface area contributed by atoms with Crippen molar-refractivity contribution in [1.29, 1.82) is 0 Å². The average Bonchev–Trinajstić information content (AvgIpc) is 3.17. The third-order valence-electron chi connectivity index (χ3n) is 5.14. The highest BCUT2D eigenvalue weighted by molar-refractivity contribution is 7.17. The van der Waals surface area contributed by atoms with Crippen molar-refractivity contribution in [1.82, 2.24) is 9.97 Å². The van der Waals surface area contributed by atoms with Gasteiger partial charge in [-0.3, -0.25) is 0 Å². The smallest absolute Gasteiger partial charge is 0.141 e. The van der Waals surface area contributed by atoms with E-state index in [0.717, 1.165) is 29.1 Å². The summed E-state index contributed by atoms with van der Waals surface area (Å²) in [4.78, 5) is 12.6. The lowest BCUT2D eigenvalue weighted by molar-refractivity contribution is 0.817. The number of aromatic nitrogens is 2. The zero-order valence-electron chi connectivity index (χ0n) is 16.6. The van der Waals surface area contributed by atoms with Gasteiger partial charge in [0, 0.05) is 24.0 Å². The Morgan fingerprint density at radius 2 is 1.71 bits per heavy atom. The SMILES string of the molecule is CCN(Cc1ccccc1)c1ncnc2scc(-c3ccc(C(C)C)cc3)c12. The van der Waals surface area contributed by atoms with Crippen LogP contribution in [0, 0.1) is 0 Å². The van der Waals surface area contributed by atoms with Gasteiger partial charge in [-0.2, -0.15) is 0 Å². The van der Waals surface area contributed by atoms with Crippen LogP contribution in [-0.4, -0.2) is 16.5 Å². The molecule has 0 atom stereocenters. The number of benzene rings is 2. The number of thiophene rings is 1. The molecule has 0 spiro atoms. The third kappa shape index (κ3) is 3.65. The molecule has 0 aliphatic carbocycles. The van der Waals surface area contributed by atoms with E-state index in [9.17, 15) is 0 Å². The Morgan fingerprint density at radius 1 is 0.964 bits per heavy atom. The largest absolute Gasteiger partial charge is 0.352 e. The number of rotatable bonds is 6. The molecule has 0 amide bonds. The summed E-state index contributed by atoms with van der Waals surface area (Å²) in [6, 6.07) is 19.5. The van der Waals surface area contributed by atoms with Gasteiger partial charge in [-0.1, -0.05) is 68.4 Å². The molecule has 0 aliphatic heterocycles. The minimum atomic E-state index is 0.536. The summed E-state index contributed by atoms with van der Waals surface area (Å²) in [6.07, 6.45) is 1.69. The van der Waals surface area contributed by atoms with Crippen LogP contribution in [0.15, 0.2) is 66.3 Å². The zero-order chi connectivity index (χ0) is 19.5. The van der Waals surface area contributed by atoms with Gasteiger partial charge in [0.05, 0.1) is 5.39 Å². The molecule has 0 fully saturated rings. The van der Waals surface area contributed by atoms with Crippen LogP contribution in [0.2, 0.25) is 0 Å². The van der Waals surface area contributed by atoms with E-state index < -0.39 is 0 Å². The Bertz CT molecular complexity index is 1050. The van der Waals surface area contributed by atoms with Gasteiger partial charge >= 0.3 is 0 Å². The molecule has 4 heteroatoms. The van der Waals surface area contributed by atoms with Gasteiger partial charge in [0.25, 0.3) is 0 Å². The monoisotopic (exact) mass is 387 g/mol. The molecule has 0 bridgehead atoms. The van der Waals surface area contributed by atoms with Crippen molar-refractivity contribution in [2.45, 2.75) is 33.2 Å². The third-order valence-corrected chi connectivity index (χ3v) is 6.02. The molecule has 0 unspecified atom stereocenters. The molecule has 0 aliphatic rings. The highest BCUT2D eigenvalue weighted by Gasteiger charge is 2.17. The predicted molar refractivity (Wildman–Crippen MR) is 120 cm³/mol. The standard InChI is InChI=1S/C24H25N3S/c1-4-27(14-18-8-6-5-7-9-18)23-22-21(15-28-24(22)26-16-25-23)20-12-10-19(11-13-20)17(2)3/h5-13,15-17H,4,14H2,1-3H3. The zero-order valence-corrected chi connectivity index (χ0v) is 17.4. The molecule has 142 valence electrons. The van der Waals surface area contributed by atoms with Gasteiger partial charge < -0.3 is 4.90 Å². The van der Waals surface area contributed by atoms with Crippen LogP contribution in [0.25, 0.3) is 21.3 Å². The summed E-state index contributed by atoms with van der Waals surface area (Å²) in [7, 11) is 0. The Kier molecular flexibility index (Phi) is 5.40. The quantitative estimate of drug-likeness (QED) is 0.378. The molecule has 0 saturated heterocycles. The highest BCUT2D eigenvalue weighted by Crippen LogP contribution is 2.38. The summed E-state index contributed by atoms with van der Waals surface area (Å²) in [5, 5.41) is 3.37. The number of hydrogen-bond donors (Lipinski definition) is 0. The van der Waals surface area contributed by atoms with Crippen molar-refractivity contribution in [3.63, 3.8) is 0 Å².